The van der Waals surface area contributed by atoms with Crippen molar-refractivity contribution in [3.05, 3.63) is 52.6 Å². The first kappa shape index (κ1) is 31.3. The summed E-state index contributed by atoms with van der Waals surface area (Å²) < 4.78 is 63.8. The molecule has 0 radical (unpaired) electrons. The van der Waals surface area contributed by atoms with Gasteiger partial charge in [0.15, 0.2) is 8.32 Å². The fourth-order valence-corrected chi connectivity index (χ4v) is 7.52. The van der Waals surface area contributed by atoms with E-state index in [0.29, 0.717) is 37.1 Å². The highest BCUT2D eigenvalue weighted by Crippen LogP contribution is 2.42. The number of amides is 1. The van der Waals surface area contributed by atoms with E-state index in [1.807, 2.05) is 0 Å². The summed E-state index contributed by atoms with van der Waals surface area (Å²) in [6.45, 7) is 12.0. The van der Waals surface area contributed by atoms with Gasteiger partial charge in [0, 0.05) is 47.6 Å². The Morgan fingerprint density at radius 2 is 1.77 bits per heavy atom. The number of aromatic amines is 1. The Balaban J connectivity index is 1.32. The Bertz CT molecular complexity index is 1510. The molecule has 1 atom stereocenters. The first-order valence-electron chi connectivity index (χ1n) is 14.8. The van der Waals surface area contributed by atoms with E-state index in [4.69, 9.17) is 10.2 Å². The summed E-state index contributed by atoms with van der Waals surface area (Å²) >= 11 is 0. The van der Waals surface area contributed by atoms with E-state index >= 15 is 4.39 Å². The third-order valence-electron chi connectivity index (χ3n) is 9.38. The first-order chi connectivity index (χ1) is 20.0. The van der Waals surface area contributed by atoms with Crippen LogP contribution >= 0.6 is 0 Å². The normalized spacial score (nSPS) is 18.9. The van der Waals surface area contributed by atoms with Crippen molar-refractivity contribution < 1.29 is 31.5 Å². The van der Waals surface area contributed by atoms with E-state index in [1.54, 1.807) is 4.90 Å². The second-order valence-corrected chi connectivity index (χ2v) is 18.0. The van der Waals surface area contributed by atoms with Crippen LogP contribution in [0.4, 0.5) is 23.2 Å². The number of H-pyrrole nitrogens is 1. The molecular weight excluding hydrogens is 580 g/mol. The number of pyridine rings is 1. The topological polar surface area (TPSA) is 93.5 Å². The van der Waals surface area contributed by atoms with Gasteiger partial charge in [-0.15, -0.1) is 13.2 Å². The van der Waals surface area contributed by atoms with Crippen LogP contribution in [-0.4, -0.2) is 54.6 Å². The molecule has 3 heterocycles. The highest BCUT2D eigenvalue weighted by atomic mass is 28.4. The van der Waals surface area contributed by atoms with Gasteiger partial charge in [0.05, 0.1) is 11.8 Å². The van der Waals surface area contributed by atoms with Crippen LogP contribution in [0.1, 0.15) is 79.6 Å². The number of hydrogen-bond donors (Lipinski definition) is 2. The number of hydrogen-bond acceptors (Lipinski definition) is 5. The van der Waals surface area contributed by atoms with Gasteiger partial charge < -0.3 is 24.8 Å². The van der Waals surface area contributed by atoms with Crippen LogP contribution in [0.5, 0.6) is 5.75 Å². The number of fused-ring (bicyclic) bond motifs is 3. The second-order valence-electron chi connectivity index (χ2n) is 13.3. The monoisotopic (exact) mass is 620 g/mol. The van der Waals surface area contributed by atoms with Gasteiger partial charge in [-0.05, 0) is 80.3 Å². The van der Waals surface area contributed by atoms with E-state index in [2.05, 4.69) is 48.6 Å². The maximum Gasteiger partial charge on any atom is 0.573 e. The van der Waals surface area contributed by atoms with Gasteiger partial charge in [0.2, 0.25) is 0 Å². The Labute approximate surface area is 250 Å². The van der Waals surface area contributed by atoms with Crippen molar-refractivity contribution in [2.75, 3.05) is 18.8 Å². The van der Waals surface area contributed by atoms with Crippen LogP contribution in [0.3, 0.4) is 0 Å². The smallest absolute Gasteiger partial charge is 0.414 e. The van der Waals surface area contributed by atoms with Gasteiger partial charge in [-0.3, -0.25) is 4.79 Å². The molecule has 1 saturated heterocycles. The molecule has 7 nitrogen and oxygen atoms in total. The van der Waals surface area contributed by atoms with E-state index in [-0.39, 0.29) is 40.0 Å². The number of aryl methyl sites for hydroxylation is 2. The summed E-state index contributed by atoms with van der Waals surface area (Å²) in [4.78, 5) is 22.7. The van der Waals surface area contributed by atoms with Crippen LogP contribution < -0.4 is 10.5 Å². The van der Waals surface area contributed by atoms with Gasteiger partial charge in [-0.25, -0.2) is 9.37 Å². The van der Waals surface area contributed by atoms with Crippen molar-refractivity contribution in [1.82, 2.24) is 14.9 Å². The number of anilines is 1. The fraction of sp³-hybridized carbons (Fsp3) is 0.548. The van der Waals surface area contributed by atoms with Crippen molar-refractivity contribution in [3.63, 3.8) is 0 Å². The predicted octanol–water partition coefficient (Wildman–Crippen LogP) is 7.47. The predicted molar refractivity (Wildman–Crippen MR) is 160 cm³/mol. The third-order valence-corrected chi connectivity index (χ3v) is 13.9. The summed E-state index contributed by atoms with van der Waals surface area (Å²) in [7, 11) is -1.93. The number of nitrogens with zero attached hydrogens (tertiary/aromatic N) is 2. The number of aromatic nitrogens is 2. The van der Waals surface area contributed by atoms with Gasteiger partial charge in [0.1, 0.15) is 17.2 Å². The molecule has 0 saturated carbocycles. The zero-order chi connectivity index (χ0) is 31.3. The summed E-state index contributed by atoms with van der Waals surface area (Å²) in [5, 5.41) is 0.977. The Hall–Kier alpha value is -3.12. The lowest BCUT2D eigenvalue weighted by molar-refractivity contribution is -0.274. The molecule has 1 unspecified atom stereocenters. The van der Waals surface area contributed by atoms with E-state index in [9.17, 15) is 18.0 Å². The number of nitrogen functional groups attached to an aromatic ring is 1. The Morgan fingerprint density at radius 3 is 2.40 bits per heavy atom. The van der Waals surface area contributed by atoms with E-state index in [1.165, 1.54) is 12.3 Å². The SMILES string of the molecule is CC(C)(C)[Si](C)(C)OC1CCc2[nH]c3ncc(F)c(C4CCN(C(=O)c5ccc(OC(F)(F)F)cc5N)CC4)c3c2CC1. The minimum Gasteiger partial charge on any atom is -0.414 e. The molecule has 2 aromatic heterocycles. The molecule has 0 spiro atoms. The summed E-state index contributed by atoms with van der Waals surface area (Å²) in [6, 6.07) is 3.32. The van der Waals surface area contributed by atoms with Gasteiger partial charge in [-0.2, -0.15) is 0 Å². The van der Waals surface area contributed by atoms with Gasteiger partial charge in [-0.1, -0.05) is 20.8 Å². The minimum atomic E-state index is -4.86. The molecule has 1 aliphatic carbocycles. The third kappa shape index (κ3) is 6.54. The fourth-order valence-electron chi connectivity index (χ4n) is 6.10. The number of piperidine rings is 1. The molecule has 234 valence electrons. The molecule has 43 heavy (non-hydrogen) atoms. The number of carbonyl (C=O) groups excluding carboxylic acids is 1. The van der Waals surface area contributed by atoms with Gasteiger partial charge >= 0.3 is 6.36 Å². The summed E-state index contributed by atoms with van der Waals surface area (Å²) in [5.41, 5.74) is 9.48. The van der Waals surface area contributed by atoms with Crippen molar-refractivity contribution in [2.45, 2.75) is 95.8 Å². The molecule has 1 amide bonds. The van der Waals surface area contributed by atoms with E-state index in [0.717, 1.165) is 54.5 Å². The van der Waals surface area contributed by atoms with Crippen LogP contribution in [-0.2, 0) is 17.3 Å². The molecule has 3 N–H and O–H groups in total. The molecule has 3 aromatic rings. The molecule has 2 aliphatic rings. The lowest BCUT2D eigenvalue weighted by Crippen LogP contribution is -2.44. The van der Waals surface area contributed by atoms with Crippen molar-refractivity contribution >= 4 is 30.9 Å². The Morgan fingerprint density at radius 1 is 1.09 bits per heavy atom. The van der Waals surface area contributed by atoms with Crippen LogP contribution in [0, 0.1) is 5.82 Å². The van der Waals surface area contributed by atoms with Crippen LogP contribution in [0.25, 0.3) is 11.0 Å². The first-order valence-corrected chi connectivity index (χ1v) is 17.7. The van der Waals surface area contributed by atoms with Crippen molar-refractivity contribution in [2.24, 2.45) is 0 Å². The number of ether oxygens (including phenoxy) is 1. The molecular formula is C31H40F4N4O3Si. The summed E-state index contributed by atoms with van der Waals surface area (Å²) in [5.74, 6) is -1.32. The number of nitrogens with two attached hydrogens (primary N) is 1. The van der Waals surface area contributed by atoms with Gasteiger partial charge in [0.25, 0.3) is 5.91 Å². The quantitative estimate of drug-likeness (QED) is 0.134. The number of benzene rings is 1. The van der Waals surface area contributed by atoms with Crippen LogP contribution in [0.15, 0.2) is 24.4 Å². The average Bonchev–Trinajstić information content (AvgIpc) is 3.14. The number of rotatable bonds is 5. The van der Waals surface area contributed by atoms with E-state index < -0.39 is 20.4 Å². The lowest BCUT2D eigenvalue weighted by atomic mass is 9.86. The Kier molecular flexibility index (Phi) is 8.32. The largest absolute Gasteiger partial charge is 0.573 e. The van der Waals surface area contributed by atoms with Crippen molar-refractivity contribution in [3.8, 4) is 5.75 Å². The molecule has 12 heteroatoms. The standard InChI is InChI=1S/C31H40F4N4O3Si/c1-30(2,3)43(4,5)42-19-6-10-22-25(11-8-19)38-28-27(22)26(23(32)17-37-28)18-12-14-39(15-13-18)29(40)21-9-7-20(16-24(21)36)41-31(33,34)35/h7,9,16-19H,6,8,10-15,36H2,1-5H3,(H,37,38). The van der Waals surface area contributed by atoms with Crippen LogP contribution in [0.2, 0.25) is 18.1 Å². The number of carbonyl (C=O) groups is 1. The number of nitrogens with one attached hydrogen (secondary N) is 1. The highest BCUT2D eigenvalue weighted by molar-refractivity contribution is 6.74. The number of likely N-dealkylation sites (tertiary alicyclic amines) is 1. The maximum atomic E-state index is 15.5. The number of alkyl halides is 3. The molecule has 1 aliphatic heterocycles. The molecule has 5 rings (SSSR count). The zero-order valence-corrected chi connectivity index (χ0v) is 26.3. The molecule has 1 fully saturated rings. The van der Waals surface area contributed by atoms with Crippen molar-refractivity contribution in [1.29, 1.82) is 0 Å². The second kappa shape index (κ2) is 11.4. The molecule has 0 bridgehead atoms. The molecule has 1 aromatic carbocycles. The zero-order valence-electron chi connectivity index (χ0n) is 25.3. The minimum absolute atomic E-state index is 0.0957. The maximum absolute atomic E-state index is 15.5. The average molecular weight is 621 g/mol. The lowest BCUT2D eigenvalue weighted by Gasteiger charge is -2.39. The number of halogens is 4. The highest BCUT2D eigenvalue weighted by Gasteiger charge is 2.40. The summed E-state index contributed by atoms with van der Waals surface area (Å²) in [6.07, 6.45) is 0.996.